The second kappa shape index (κ2) is 2.85. The van der Waals surface area contributed by atoms with Crippen LogP contribution in [0, 0.1) is 0 Å². The quantitative estimate of drug-likeness (QED) is 0.514. The average Bonchev–Trinajstić information content (AvgIpc) is 2.30. The van der Waals surface area contributed by atoms with Crippen LogP contribution in [0.5, 0.6) is 0 Å². The molecule has 0 unspecified atom stereocenters. The van der Waals surface area contributed by atoms with Crippen LogP contribution in [-0.2, 0) is 9.47 Å². The Morgan fingerprint density at radius 1 is 1.50 bits per heavy atom. The molecule has 2 atom stereocenters. The lowest BCUT2D eigenvalue weighted by molar-refractivity contribution is -0.0282. The van der Waals surface area contributed by atoms with Crippen molar-refractivity contribution in [2.75, 3.05) is 14.2 Å². The van der Waals surface area contributed by atoms with Gasteiger partial charge in [0, 0.05) is 14.2 Å². The van der Waals surface area contributed by atoms with Gasteiger partial charge in [0.05, 0.1) is 0 Å². The van der Waals surface area contributed by atoms with E-state index in [2.05, 4.69) is 10.3 Å². The average molecular weight is 145 g/mol. The van der Waals surface area contributed by atoms with E-state index in [4.69, 9.17) is 15.2 Å². The second-order valence-corrected chi connectivity index (χ2v) is 1.94. The number of methoxy groups -OCH3 is 2. The zero-order valence-electron chi connectivity index (χ0n) is 6.00. The van der Waals surface area contributed by atoms with Crippen molar-refractivity contribution < 1.29 is 9.47 Å². The van der Waals surface area contributed by atoms with Crippen LogP contribution in [0.2, 0.25) is 0 Å². The van der Waals surface area contributed by atoms with E-state index in [1.807, 2.05) is 0 Å². The summed E-state index contributed by atoms with van der Waals surface area (Å²) in [6, 6.07) is 0. The van der Waals surface area contributed by atoms with Gasteiger partial charge in [0.1, 0.15) is 0 Å². The first-order valence-corrected chi connectivity index (χ1v) is 2.93. The standard InChI is InChI=1S/C5H11N3O2/c1-9-3-4(10-2)8-5(6)7-3/h3-4H,1-2H3,(H3,6,7,8)/t3-,4-/m1/s1. The molecule has 0 amide bonds. The summed E-state index contributed by atoms with van der Waals surface area (Å²) in [4.78, 5) is 3.90. The minimum Gasteiger partial charge on any atom is -0.370 e. The van der Waals surface area contributed by atoms with Gasteiger partial charge in [-0.2, -0.15) is 0 Å². The molecule has 1 aliphatic rings. The minimum atomic E-state index is -0.315. The van der Waals surface area contributed by atoms with E-state index in [1.54, 1.807) is 14.2 Å². The molecule has 0 radical (unpaired) electrons. The summed E-state index contributed by atoms with van der Waals surface area (Å²) in [5.41, 5.74) is 5.35. The lowest BCUT2D eigenvalue weighted by Crippen LogP contribution is -2.39. The number of rotatable bonds is 2. The van der Waals surface area contributed by atoms with Gasteiger partial charge >= 0.3 is 0 Å². The number of ether oxygens (including phenoxy) is 2. The molecule has 0 aromatic carbocycles. The van der Waals surface area contributed by atoms with E-state index in [-0.39, 0.29) is 12.5 Å². The van der Waals surface area contributed by atoms with Crippen molar-refractivity contribution in [3.63, 3.8) is 0 Å². The second-order valence-electron chi connectivity index (χ2n) is 1.94. The van der Waals surface area contributed by atoms with Gasteiger partial charge in [-0.1, -0.05) is 0 Å². The number of guanidine groups is 1. The predicted octanol–water partition coefficient (Wildman–Crippen LogP) is -1.15. The lowest BCUT2D eigenvalue weighted by atomic mass is 10.5. The van der Waals surface area contributed by atoms with Gasteiger partial charge in [-0.15, -0.1) is 0 Å². The largest absolute Gasteiger partial charge is 0.370 e. The molecular weight excluding hydrogens is 134 g/mol. The summed E-state index contributed by atoms with van der Waals surface area (Å²) < 4.78 is 9.88. The van der Waals surface area contributed by atoms with Crippen LogP contribution in [0.3, 0.4) is 0 Å². The van der Waals surface area contributed by atoms with E-state index in [9.17, 15) is 0 Å². The summed E-state index contributed by atoms with van der Waals surface area (Å²) >= 11 is 0. The highest BCUT2D eigenvalue weighted by molar-refractivity contribution is 5.79. The van der Waals surface area contributed by atoms with Gasteiger partial charge < -0.3 is 20.5 Å². The van der Waals surface area contributed by atoms with Crippen LogP contribution in [0.25, 0.3) is 0 Å². The highest BCUT2D eigenvalue weighted by Gasteiger charge is 2.26. The van der Waals surface area contributed by atoms with Crippen molar-refractivity contribution in [1.82, 2.24) is 5.32 Å². The molecule has 0 aliphatic carbocycles. The number of nitrogens with zero attached hydrogens (tertiary/aromatic N) is 1. The third kappa shape index (κ3) is 1.19. The topological polar surface area (TPSA) is 68.9 Å². The third-order valence-corrected chi connectivity index (χ3v) is 1.31. The third-order valence-electron chi connectivity index (χ3n) is 1.31. The molecule has 1 aliphatic heterocycles. The molecule has 58 valence electrons. The first-order valence-electron chi connectivity index (χ1n) is 2.93. The summed E-state index contributed by atoms with van der Waals surface area (Å²) in [6.07, 6.45) is -0.560. The summed E-state index contributed by atoms with van der Waals surface area (Å²) in [5.74, 6) is 0.360. The molecule has 3 N–H and O–H groups in total. The summed E-state index contributed by atoms with van der Waals surface area (Å²) in [5, 5.41) is 2.79. The number of nitrogens with two attached hydrogens (primary N) is 1. The maximum absolute atomic E-state index is 5.35. The van der Waals surface area contributed by atoms with E-state index in [1.165, 1.54) is 0 Å². The van der Waals surface area contributed by atoms with E-state index in [0.717, 1.165) is 0 Å². The molecular formula is C5H11N3O2. The molecule has 1 heterocycles. The van der Waals surface area contributed by atoms with Crippen molar-refractivity contribution in [1.29, 1.82) is 0 Å². The maximum Gasteiger partial charge on any atom is 0.196 e. The smallest absolute Gasteiger partial charge is 0.196 e. The molecule has 5 nitrogen and oxygen atoms in total. The van der Waals surface area contributed by atoms with E-state index >= 15 is 0 Å². The van der Waals surface area contributed by atoms with Crippen LogP contribution in [0.15, 0.2) is 4.99 Å². The molecule has 0 bridgehead atoms. The zero-order valence-corrected chi connectivity index (χ0v) is 6.00. The minimum absolute atomic E-state index is 0.245. The molecule has 0 saturated heterocycles. The molecule has 0 spiro atoms. The van der Waals surface area contributed by atoms with Crippen LogP contribution >= 0.6 is 0 Å². The van der Waals surface area contributed by atoms with Crippen LogP contribution < -0.4 is 11.1 Å². The first-order chi connectivity index (χ1) is 4.77. The highest BCUT2D eigenvalue weighted by Crippen LogP contribution is 2.05. The van der Waals surface area contributed by atoms with E-state index in [0.29, 0.717) is 5.96 Å². The number of nitrogens with one attached hydrogen (secondary N) is 1. The monoisotopic (exact) mass is 145 g/mol. The summed E-state index contributed by atoms with van der Waals surface area (Å²) in [6.45, 7) is 0. The molecule has 5 heteroatoms. The molecule has 1 rings (SSSR count). The van der Waals surface area contributed by atoms with Gasteiger partial charge in [-0.05, 0) is 0 Å². The molecule has 0 saturated carbocycles. The predicted molar refractivity (Wildman–Crippen MR) is 36.4 cm³/mol. The van der Waals surface area contributed by atoms with Crippen molar-refractivity contribution in [3.05, 3.63) is 0 Å². The molecule has 0 fully saturated rings. The number of hydrogen-bond acceptors (Lipinski definition) is 5. The van der Waals surface area contributed by atoms with Crippen molar-refractivity contribution >= 4 is 5.96 Å². The van der Waals surface area contributed by atoms with Crippen LogP contribution in [-0.4, -0.2) is 32.6 Å². The van der Waals surface area contributed by atoms with Crippen molar-refractivity contribution in [3.8, 4) is 0 Å². The Kier molecular flexibility index (Phi) is 2.08. The Morgan fingerprint density at radius 2 is 2.20 bits per heavy atom. The zero-order chi connectivity index (χ0) is 7.56. The fourth-order valence-corrected chi connectivity index (χ4v) is 0.811. The lowest BCUT2D eigenvalue weighted by Gasteiger charge is -2.13. The van der Waals surface area contributed by atoms with Crippen LogP contribution in [0.1, 0.15) is 0 Å². The van der Waals surface area contributed by atoms with Gasteiger partial charge in [-0.3, -0.25) is 0 Å². The van der Waals surface area contributed by atoms with E-state index < -0.39 is 0 Å². The fraction of sp³-hybridized carbons (Fsp3) is 0.800. The Bertz CT molecular complexity index is 148. The highest BCUT2D eigenvalue weighted by atomic mass is 16.5. The molecule has 0 aromatic rings. The normalized spacial score (nSPS) is 31.6. The maximum atomic E-state index is 5.35. The van der Waals surface area contributed by atoms with Gasteiger partial charge in [0.2, 0.25) is 0 Å². The van der Waals surface area contributed by atoms with Gasteiger partial charge in [0.15, 0.2) is 18.4 Å². The Balaban J connectivity index is 2.52. The van der Waals surface area contributed by atoms with Gasteiger partial charge in [-0.25, -0.2) is 4.99 Å². The summed E-state index contributed by atoms with van der Waals surface area (Å²) in [7, 11) is 3.12. The van der Waals surface area contributed by atoms with Gasteiger partial charge in [0.25, 0.3) is 0 Å². The molecule has 0 aromatic heterocycles. The Hall–Kier alpha value is -0.810. The Labute approximate surface area is 59.2 Å². The van der Waals surface area contributed by atoms with Crippen LogP contribution in [0.4, 0.5) is 0 Å². The van der Waals surface area contributed by atoms with Crippen molar-refractivity contribution in [2.45, 2.75) is 12.5 Å². The Morgan fingerprint density at radius 3 is 2.60 bits per heavy atom. The fourth-order valence-electron chi connectivity index (χ4n) is 0.811. The number of aliphatic imine (C=N–C) groups is 1. The SMILES string of the molecule is CO[C@H]1N=C(N)N[C@@H]1OC. The first kappa shape index (κ1) is 7.30. The van der Waals surface area contributed by atoms with Crippen molar-refractivity contribution in [2.24, 2.45) is 10.7 Å². The number of hydrogen-bond donors (Lipinski definition) is 2. The molecule has 10 heavy (non-hydrogen) atoms.